The molecule has 0 radical (unpaired) electrons. The van der Waals surface area contributed by atoms with Crippen molar-refractivity contribution in [1.82, 2.24) is 9.88 Å². The molecular weight excluding hydrogens is 270 g/mol. The highest BCUT2D eigenvalue weighted by molar-refractivity contribution is 7.17. The van der Waals surface area contributed by atoms with E-state index in [2.05, 4.69) is 30.6 Å². The highest BCUT2D eigenvalue weighted by atomic mass is 32.1. The van der Waals surface area contributed by atoms with Gasteiger partial charge in [-0.1, -0.05) is 25.2 Å². The van der Waals surface area contributed by atoms with Gasteiger partial charge in [0.1, 0.15) is 0 Å². The van der Waals surface area contributed by atoms with Crippen LogP contribution in [-0.2, 0) is 0 Å². The van der Waals surface area contributed by atoms with Gasteiger partial charge in [-0.2, -0.15) is 0 Å². The van der Waals surface area contributed by atoms with Crippen LogP contribution in [0.15, 0.2) is 0 Å². The molecule has 1 aromatic rings. The van der Waals surface area contributed by atoms with Crippen LogP contribution in [0.4, 0.5) is 5.13 Å². The number of piperazine rings is 1. The van der Waals surface area contributed by atoms with Crippen molar-refractivity contribution < 1.29 is 4.79 Å². The van der Waals surface area contributed by atoms with Crippen LogP contribution in [0.3, 0.4) is 0 Å². The van der Waals surface area contributed by atoms with Crippen LogP contribution in [0, 0.1) is 0 Å². The molecule has 0 N–H and O–H groups in total. The maximum absolute atomic E-state index is 11.2. The van der Waals surface area contributed by atoms with Crippen molar-refractivity contribution in [3.8, 4) is 0 Å². The second-order valence-corrected chi connectivity index (χ2v) is 7.32. The summed E-state index contributed by atoms with van der Waals surface area (Å²) in [6.07, 6.45) is 3.58. The van der Waals surface area contributed by atoms with Crippen molar-refractivity contribution in [1.29, 1.82) is 0 Å². The summed E-state index contributed by atoms with van der Waals surface area (Å²) in [6, 6.07) is 1.16. The van der Waals surface area contributed by atoms with E-state index in [-0.39, 0.29) is 0 Å². The Labute approximate surface area is 124 Å². The lowest BCUT2D eigenvalue weighted by Crippen LogP contribution is -2.55. The molecule has 3 rings (SSSR count). The molecule has 20 heavy (non-hydrogen) atoms. The predicted molar refractivity (Wildman–Crippen MR) is 83.0 cm³/mol. The standard InChI is InChI=1S/C15H23N3OS/c1-10(2)14-13(9-19)20-15(16-14)18-8-12-5-4-6-17(12)7-11(18)3/h9-12H,4-8H2,1-3H3. The van der Waals surface area contributed by atoms with Gasteiger partial charge >= 0.3 is 0 Å². The molecule has 1 aromatic heterocycles. The maximum Gasteiger partial charge on any atom is 0.186 e. The van der Waals surface area contributed by atoms with E-state index < -0.39 is 0 Å². The molecule has 3 heterocycles. The van der Waals surface area contributed by atoms with E-state index in [1.54, 1.807) is 11.3 Å². The normalized spacial score (nSPS) is 27.1. The van der Waals surface area contributed by atoms with Gasteiger partial charge in [-0.3, -0.25) is 9.69 Å². The van der Waals surface area contributed by atoms with E-state index in [9.17, 15) is 4.79 Å². The lowest BCUT2D eigenvalue weighted by molar-refractivity contribution is 0.112. The predicted octanol–water partition coefficient (Wildman–Crippen LogP) is 2.75. The molecular formula is C15H23N3OS. The van der Waals surface area contributed by atoms with E-state index in [4.69, 9.17) is 4.98 Å². The number of nitrogens with zero attached hydrogens (tertiary/aromatic N) is 3. The summed E-state index contributed by atoms with van der Waals surface area (Å²) in [5, 5.41) is 1.04. The molecule has 2 saturated heterocycles. The van der Waals surface area contributed by atoms with Gasteiger partial charge in [-0.25, -0.2) is 4.98 Å². The van der Waals surface area contributed by atoms with E-state index in [0.29, 0.717) is 18.0 Å². The third kappa shape index (κ3) is 2.37. The highest BCUT2D eigenvalue weighted by Gasteiger charge is 2.35. The SMILES string of the molecule is CC(C)c1nc(N2CC3CCCN3CC2C)sc1C=O. The Morgan fingerprint density at radius 1 is 1.40 bits per heavy atom. The Kier molecular flexibility index (Phi) is 3.82. The fraction of sp³-hybridized carbons (Fsp3) is 0.733. The number of anilines is 1. The van der Waals surface area contributed by atoms with Crippen molar-refractivity contribution in [2.75, 3.05) is 24.5 Å². The zero-order chi connectivity index (χ0) is 14.3. The van der Waals surface area contributed by atoms with E-state index in [1.807, 2.05) is 0 Å². The van der Waals surface area contributed by atoms with Gasteiger partial charge in [-0.15, -0.1) is 0 Å². The summed E-state index contributed by atoms with van der Waals surface area (Å²) in [4.78, 5) is 21.8. The summed E-state index contributed by atoms with van der Waals surface area (Å²) >= 11 is 1.56. The van der Waals surface area contributed by atoms with Gasteiger partial charge in [0.05, 0.1) is 10.6 Å². The minimum atomic E-state index is 0.309. The summed E-state index contributed by atoms with van der Waals surface area (Å²) in [6.45, 7) is 9.90. The van der Waals surface area contributed by atoms with E-state index in [0.717, 1.165) is 35.1 Å². The van der Waals surface area contributed by atoms with Crippen molar-refractivity contribution in [3.63, 3.8) is 0 Å². The van der Waals surface area contributed by atoms with Crippen molar-refractivity contribution >= 4 is 22.8 Å². The number of hydrogen-bond donors (Lipinski definition) is 0. The molecule has 5 heteroatoms. The molecule has 2 fully saturated rings. The smallest absolute Gasteiger partial charge is 0.186 e. The molecule has 2 aliphatic rings. The summed E-state index contributed by atoms with van der Waals surface area (Å²) in [5.41, 5.74) is 0.959. The summed E-state index contributed by atoms with van der Waals surface area (Å²) < 4.78 is 0. The number of rotatable bonds is 3. The van der Waals surface area contributed by atoms with Crippen LogP contribution in [-0.4, -0.2) is 47.9 Å². The monoisotopic (exact) mass is 293 g/mol. The van der Waals surface area contributed by atoms with Gasteiger partial charge in [-0.05, 0) is 32.2 Å². The Morgan fingerprint density at radius 2 is 2.20 bits per heavy atom. The Hall–Kier alpha value is -0.940. The van der Waals surface area contributed by atoms with Gasteiger partial charge < -0.3 is 4.90 Å². The van der Waals surface area contributed by atoms with Gasteiger partial charge in [0.15, 0.2) is 11.4 Å². The minimum Gasteiger partial charge on any atom is -0.343 e. The zero-order valence-corrected chi connectivity index (χ0v) is 13.3. The molecule has 0 amide bonds. The van der Waals surface area contributed by atoms with Gasteiger partial charge in [0.25, 0.3) is 0 Å². The first kappa shape index (κ1) is 14.0. The topological polar surface area (TPSA) is 36.4 Å². The van der Waals surface area contributed by atoms with Gasteiger partial charge in [0, 0.05) is 25.2 Å². The van der Waals surface area contributed by atoms with Crippen molar-refractivity contribution in [2.24, 2.45) is 0 Å². The Balaban J connectivity index is 1.86. The van der Waals surface area contributed by atoms with Crippen LogP contribution < -0.4 is 4.90 Å². The van der Waals surface area contributed by atoms with Crippen LogP contribution in [0.2, 0.25) is 0 Å². The first-order valence-corrected chi connectivity index (χ1v) is 8.38. The number of hydrogen-bond acceptors (Lipinski definition) is 5. The van der Waals surface area contributed by atoms with Crippen LogP contribution in [0.5, 0.6) is 0 Å². The number of fused-ring (bicyclic) bond motifs is 1. The van der Waals surface area contributed by atoms with Gasteiger partial charge in [0.2, 0.25) is 0 Å². The van der Waals surface area contributed by atoms with Crippen molar-refractivity contribution in [3.05, 3.63) is 10.6 Å². The maximum atomic E-state index is 11.2. The van der Waals surface area contributed by atoms with E-state index >= 15 is 0 Å². The summed E-state index contributed by atoms with van der Waals surface area (Å²) in [5.74, 6) is 0.309. The molecule has 0 bridgehead atoms. The molecule has 0 aliphatic carbocycles. The molecule has 2 aliphatic heterocycles. The van der Waals surface area contributed by atoms with Crippen LogP contribution in [0.1, 0.15) is 54.9 Å². The second-order valence-electron chi connectivity index (χ2n) is 6.31. The fourth-order valence-corrected chi connectivity index (χ4v) is 4.55. The van der Waals surface area contributed by atoms with Crippen LogP contribution in [0.25, 0.3) is 0 Å². The molecule has 0 aromatic carbocycles. The molecule has 110 valence electrons. The first-order chi connectivity index (χ1) is 9.60. The lowest BCUT2D eigenvalue weighted by Gasteiger charge is -2.42. The average Bonchev–Trinajstić information content (AvgIpc) is 3.02. The Morgan fingerprint density at radius 3 is 2.85 bits per heavy atom. The third-order valence-electron chi connectivity index (χ3n) is 4.51. The minimum absolute atomic E-state index is 0.309. The molecule has 0 spiro atoms. The molecule has 0 saturated carbocycles. The third-order valence-corrected chi connectivity index (χ3v) is 5.54. The Bertz CT molecular complexity index is 499. The lowest BCUT2D eigenvalue weighted by atomic mass is 10.1. The second kappa shape index (κ2) is 5.45. The number of carbonyl (C=O) groups excluding carboxylic acids is 1. The molecule has 4 nitrogen and oxygen atoms in total. The fourth-order valence-electron chi connectivity index (χ4n) is 3.41. The quantitative estimate of drug-likeness (QED) is 0.803. The van der Waals surface area contributed by atoms with E-state index in [1.165, 1.54) is 19.4 Å². The van der Waals surface area contributed by atoms with Crippen molar-refractivity contribution in [2.45, 2.75) is 51.6 Å². The first-order valence-electron chi connectivity index (χ1n) is 7.56. The largest absolute Gasteiger partial charge is 0.343 e. The molecule has 2 atom stereocenters. The molecule has 2 unspecified atom stereocenters. The summed E-state index contributed by atoms with van der Waals surface area (Å²) in [7, 11) is 0. The number of thiazole rings is 1. The number of carbonyl (C=O) groups is 1. The number of aldehydes is 1. The average molecular weight is 293 g/mol. The van der Waals surface area contributed by atoms with Crippen LogP contribution >= 0.6 is 11.3 Å². The number of aromatic nitrogens is 1. The highest BCUT2D eigenvalue weighted by Crippen LogP contribution is 2.34. The zero-order valence-electron chi connectivity index (χ0n) is 12.5.